The number of hydrogen-bond donors (Lipinski definition) is 0. The van der Waals surface area contributed by atoms with Crippen LogP contribution in [0.5, 0.6) is 0 Å². The molecule has 2 nitrogen and oxygen atoms in total. The lowest BCUT2D eigenvalue weighted by Crippen LogP contribution is -1.91. The number of nitrogens with zero attached hydrogens (tertiary/aromatic N) is 2. The van der Waals surface area contributed by atoms with Crippen LogP contribution in [0.15, 0.2) is 12.4 Å². The van der Waals surface area contributed by atoms with Crippen molar-refractivity contribution in [3.63, 3.8) is 0 Å². The van der Waals surface area contributed by atoms with Gasteiger partial charge in [-0.15, -0.1) is 0 Å². The molecular formula is C8H12N2S. The molecule has 1 rings (SSSR count). The monoisotopic (exact) mass is 168 g/mol. The molecule has 60 valence electrons. The van der Waals surface area contributed by atoms with Crippen molar-refractivity contribution in [2.75, 3.05) is 5.75 Å². The van der Waals surface area contributed by atoms with Crippen molar-refractivity contribution in [3.05, 3.63) is 23.8 Å². The summed E-state index contributed by atoms with van der Waals surface area (Å²) in [5.41, 5.74) is 1.12. The van der Waals surface area contributed by atoms with Gasteiger partial charge in [0.2, 0.25) is 0 Å². The first kappa shape index (κ1) is 8.53. The Bertz CT molecular complexity index is 208. The summed E-state index contributed by atoms with van der Waals surface area (Å²) in [5.74, 6) is 2.98. The lowest BCUT2D eigenvalue weighted by atomic mass is 10.4. The molecule has 0 saturated carbocycles. The molecule has 0 aromatic carbocycles. The molecule has 0 amide bonds. The minimum atomic E-state index is 0.927. The molecule has 0 atom stereocenters. The van der Waals surface area contributed by atoms with Crippen LogP contribution in [-0.2, 0) is 5.75 Å². The van der Waals surface area contributed by atoms with E-state index < -0.39 is 0 Å². The van der Waals surface area contributed by atoms with E-state index in [1.807, 2.05) is 31.1 Å². The Morgan fingerprint density at radius 1 is 1.36 bits per heavy atom. The van der Waals surface area contributed by atoms with Gasteiger partial charge in [-0.2, -0.15) is 11.8 Å². The Morgan fingerprint density at radius 3 is 2.55 bits per heavy atom. The van der Waals surface area contributed by atoms with Crippen molar-refractivity contribution in [2.45, 2.75) is 19.6 Å². The Hall–Kier alpha value is -0.570. The molecule has 0 aliphatic carbocycles. The van der Waals surface area contributed by atoms with Gasteiger partial charge in [0.25, 0.3) is 0 Å². The van der Waals surface area contributed by atoms with Gasteiger partial charge in [0.1, 0.15) is 5.82 Å². The van der Waals surface area contributed by atoms with Crippen LogP contribution in [0, 0.1) is 6.92 Å². The maximum absolute atomic E-state index is 4.18. The van der Waals surface area contributed by atoms with E-state index in [1.54, 1.807) is 0 Å². The molecule has 1 heterocycles. The molecular weight excluding hydrogens is 156 g/mol. The Balaban J connectivity index is 2.52. The fourth-order valence-corrected chi connectivity index (χ4v) is 1.22. The zero-order valence-corrected chi connectivity index (χ0v) is 7.69. The largest absolute Gasteiger partial charge is 0.240 e. The maximum Gasteiger partial charge on any atom is 0.138 e. The van der Waals surface area contributed by atoms with Crippen LogP contribution in [0.1, 0.15) is 18.3 Å². The van der Waals surface area contributed by atoms with Crippen LogP contribution < -0.4 is 0 Å². The lowest BCUT2D eigenvalue weighted by Gasteiger charge is -1.96. The first-order valence-corrected chi connectivity index (χ1v) is 4.83. The zero-order chi connectivity index (χ0) is 8.10. The lowest BCUT2D eigenvalue weighted by molar-refractivity contribution is 1.01. The van der Waals surface area contributed by atoms with E-state index in [2.05, 4.69) is 16.9 Å². The summed E-state index contributed by atoms with van der Waals surface area (Å²) in [4.78, 5) is 8.37. The summed E-state index contributed by atoms with van der Waals surface area (Å²) in [7, 11) is 0. The van der Waals surface area contributed by atoms with Gasteiger partial charge in [0, 0.05) is 12.4 Å². The molecule has 0 unspecified atom stereocenters. The van der Waals surface area contributed by atoms with E-state index in [-0.39, 0.29) is 0 Å². The minimum absolute atomic E-state index is 0.927. The van der Waals surface area contributed by atoms with Crippen molar-refractivity contribution >= 4 is 11.8 Å². The molecule has 0 bridgehead atoms. The second kappa shape index (κ2) is 4.34. The molecule has 1 aromatic rings. The summed E-state index contributed by atoms with van der Waals surface area (Å²) in [5, 5.41) is 0. The highest BCUT2D eigenvalue weighted by atomic mass is 32.2. The normalized spacial score (nSPS) is 10.0. The number of rotatable bonds is 3. The smallest absolute Gasteiger partial charge is 0.138 e. The predicted molar refractivity (Wildman–Crippen MR) is 48.6 cm³/mol. The second-order valence-corrected chi connectivity index (χ2v) is 3.59. The van der Waals surface area contributed by atoms with E-state index in [4.69, 9.17) is 0 Å². The van der Waals surface area contributed by atoms with E-state index >= 15 is 0 Å². The van der Waals surface area contributed by atoms with Gasteiger partial charge in [0.15, 0.2) is 0 Å². The number of thioether (sulfide) groups is 1. The van der Waals surface area contributed by atoms with Crippen molar-refractivity contribution in [3.8, 4) is 0 Å². The number of aryl methyl sites for hydroxylation is 1. The van der Waals surface area contributed by atoms with Crippen LogP contribution in [0.3, 0.4) is 0 Å². The summed E-state index contributed by atoms with van der Waals surface area (Å²) < 4.78 is 0. The fraction of sp³-hybridized carbons (Fsp3) is 0.500. The maximum atomic E-state index is 4.18. The number of aromatic nitrogens is 2. The molecule has 0 fully saturated rings. The molecule has 11 heavy (non-hydrogen) atoms. The van der Waals surface area contributed by atoms with Gasteiger partial charge in [-0.1, -0.05) is 6.92 Å². The average molecular weight is 168 g/mol. The molecule has 0 N–H and O–H groups in total. The predicted octanol–water partition coefficient (Wildman–Crippen LogP) is 2.04. The molecule has 0 radical (unpaired) electrons. The first-order valence-electron chi connectivity index (χ1n) is 3.68. The molecule has 3 heteroatoms. The average Bonchev–Trinajstić information content (AvgIpc) is 2.04. The summed E-state index contributed by atoms with van der Waals surface area (Å²) in [6, 6.07) is 0. The summed E-state index contributed by atoms with van der Waals surface area (Å²) in [6.07, 6.45) is 3.72. The quantitative estimate of drug-likeness (QED) is 0.690. The van der Waals surface area contributed by atoms with Crippen molar-refractivity contribution in [2.24, 2.45) is 0 Å². The molecule has 1 aromatic heterocycles. The Morgan fingerprint density at radius 2 is 2.00 bits per heavy atom. The highest BCUT2D eigenvalue weighted by Gasteiger charge is 1.93. The number of hydrogen-bond acceptors (Lipinski definition) is 3. The van der Waals surface area contributed by atoms with E-state index in [0.717, 1.165) is 22.9 Å². The van der Waals surface area contributed by atoms with Crippen LogP contribution >= 0.6 is 11.8 Å². The van der Waals surface area contributed by atoms with Gasteiger partial charge in [-0.05, 0) is 18.2 Å². The highest BCUT2D eigenvalue weighted by molar-refractivity contribution is 7.98. The third kappa shape index (κ3) is 2.89. The van der Waals surface area contributed by atoms with E-state index in [1.165, 1.54) is 0 Å². The molecule has 0 aliphatic rings. The van der Waals surface area contributed by atoms with Crippen LogP contribution in [0.2, 0.25) is 0 Å². The van der Waals surface area contributed by atoms with E-state index in [0.29, 0.717) is 0 Å². The fourth-order valence-electron chi connectivity index (χ4n) is 0.687. The minimum Gasteiger partial charge on any atom is -0.240 e. The Labute approximate surface area is 71.5 Å². The molecule has 0 aliphatic heterocycles. The zero-order valence-electron chi connectivity index (χ0n) is 6.87. The van der Waals surface area contributed by atoms with Crippen molar-refractivity contribution in [1.82, 2.24) is 9.97 Å². The third-order valence-corrected chi connectivity index (χ3v) is 2.14. The molecule has 0 spiro atoms. The summed E-state index contributed by atoms with van der Waals surface area (Å²) >= 11 is 1.84. The standard InChI is InChI=1S/C8H12N2S/c1-3-11-6-8-9-4-7(2)5-10-8/h4-5H,3,6H2,1-2H3. The van der Waals surface area contributed by atoms with E-state index in [9.17, 15) is 0 Å². The third-order valence-electron chi connectivity index (χ3n) is 1.27. The van der Waals surface area contributed by atoms with Gasteiger partial charge >= 0.3 is 0 Å². The molecule has 0 saturated heterocycles. The van der Waals surface area contributed by atoms with Crippen molar-refractivity contribution < 1.29 is 0 Å². The van der Waals surface area contributed by atoms with Gasteiger partial charge in [-0.25, -0.2) is 9.97 Å². The first-order chi connectivity index (χ1) is 5.33. The van der Waals surface area contributed by atoms with Crippen LogP contribution in [-0.4, -0.2) is 15.7 Å². The SMILES string of the molecule is CCSCc1ncc(C)cn1. The highest BCUT2D eigenvalue weighted by Crippen LogP contribution is 2.06. The van der Waals surface area contributed by atoms with Gasteiger partial charge in [0.05, 0.1) is 5.75 Å². The van der Waals surface area contributed by atoms with Crippen molar-refractivity contribution in [1.29, 1.82) is 0 Å². The van der Waals surface area contributed by atoms with Crippen LogP contribution in [0.4, 0.5) is 0 Å². The van der Waals surface area contributed by atoms with Gasteiger partial charge < -0.3 is 0 Å². The Kier molecular flexibility index (Phi) is 3.36. The topological polar surface area (TPSA) is 25.8 Å². The summed E-state index contributed by atoms with van der Waals surface area (Å²) in [6.45, 7) is 4.13. The second-order valence-electron chi connectivity index (χ2n) is 2.31. The van der Waals surface area contributed by atoms with Crippen LogP contribution in [0.25, 0.3) is 0 Å². The van der Waals surface area contributed by atoms with Gasteiger partial charge in [-0.3, -0.25) is 0 Å².